The predicted octanol–water partition coefficient (Wildman–Crippen LogP) is 3.49. The Hall–Kier alpha value is -2.16. The summed E-state index contributed by atoms with van der Waals surface area (Å²) in [6.45, 7) is 2.14. The topological polar surface area (TPSA) is 81.2 Å². The lowest BCUT2D eigenvalue weighted by Gasteiger charge is -2.21. The lowest BCUT2D eigenvalue weighted by Crippen LogP contribution is -2.31. The Labute approximate surface area is 169 Å². The van der Waals surface area contributed by atoms with Crippen molar-refractivity contribution in [2.75, 3.05) is 6.54 Å². The fourth-order valence-corrected chi connectivity index (χ4v) is 5.57. The summed E-state index contributed by atoms with van der Waals surface area (Å²) >= 11 is 5.92. The van der Waals surface area contributed by atoms with Crippen molar-refractivity contribution in [1.29, 1.82) is 0 Å². The molecule has 0 N–H and O–H groups in total. The fourth-order valence-electron chi connectivity index (χ4n) is 3.59. The van der Waals surface area contributed by atoms with Crippen LogP contribution in [0, 0.1) is 6.92 Å². The molecule has 0 saturated carbocycles. The molecule has 2 aromatic heterocycles. The molecular formula is C19H21ClN4O3S. The van der Waals surface area contributed by atoms with Gasteiger partial charge >= 0.3 is 0 Å². The lowest BCUT2D eigenvalue weighted by molar-refractivity contribution is 0.322. The minimum atomic E-state index is -3.66. The van der Waals surface area contributed by atoms with Gasteiger partial charge in [0.1, 0.15) is 16.7 Å². The zero-order valence-electron chi connectivity index (χ0n) is 15.7. The Morgan fingerprint density at radius 1 is 1.29 bits per heavy atom. The van der Waals surface area contributed by atoms with E-state index in [-0.39, 0.29) is 4.90 Å². The van der Waals surface area contributed by atoms with Crippen LogP contribution in [0.1, 0.15) is 41.8 Å². The maximum absolute atomic E-state index is 13.2. The third-order valence-corrected chi connectivity index (χ3v) is 7.17. The van der Waals surface area contributed by atoms with Gasteiger partial charge < -0.3 is 4.42 Å². The Kier molecular flexibility index (Phi) is 5.03. The SMILES string of the molecule is Cc1nn(C)cc1S(=O)(=O)N1CCC[C@@H]1c1ncc(Cc2ccc(Cl)cc2)o1. The summed E-state index contributed by atoms with van der Waals surface area (Å²) in [5.74, 6) is 1.13. The van der Waals surface area contributed by atoms with E-state index < -0.39 is 16.1 Å². The summed E-state index contributed by atoms with van der Waals surface area (Å²) in [4.78, 5) is 4.61. The standard InChI is InChI=1S/C19H21ClN4O3S/c1-13-18(12-23(2)22-13)28(25,26)24-9-3-4-17(24)19-21-11-16(27-19)10-14-5-7-15(20)8-6-14/h5-8,11-12,17H,3-4,9-10H2,1-2H3/t17-/m1/s1. The zero-order valence-corrected chi connectivity index (χ0v) is 17.2. The van der Waals surface area contributed by atoms with Gasteiger partial charge in [-0.3, -0.25) is 4.68 Å². The number of benzene rings is 1. The van der Waals surface area contributed by atoms with Crippen molar-refractivity contribution >= 4 is 21.6 Å². The van der Waals surface area contributed by atoms with Gasteiger partial charge in [-0.1, -0.05) is 23.7 Å². The van der Waals surface area contributed by atoms with E-state index in [4.69, 9.17) is 16.0 Å². The number of aryl methyl sites for hydroxylation is 2. The molecule has 1 saturated heterocycles. The molecule has 0 amide bonds. The van der Waals surface area contributed by atoms with E-state index in [1.54, 1.807) is 26.4 Å². The summed E-state index contributed by atoms with van der Waals surface area (Å²) in [5.41, 5.74) is 1.54. The maximum atomic E-state index is 13.2. The number of halogens is 1. The molecule has 1 aliphatic heterocycles. The van der Waals surface area contributed by atoms with Gasteiger partial charge in [0.15, 0.2) is 0 Å². The number of aromatic nitrogens is 3. The van der Waals surface area contributed by atoms with Gasteiger partial charge in [-0.05, 0) is 37.5 Å². The smallest absolute Gasteiger partial charge is 0.247 e. The van der Waals surface area contributed by atoms with Crippen LogP contribution in [0.25, 0.3) is 0 Å². The zero-order chi connectivity index (χ0) is 19.9. The monoisotopic (exact) mass is 420 g/mol. The van der Waals surface area contributed by atoms with Crippen LogP contribution in [0.3, 0.4) is 0 Å². The molecule has 0 spiro atoms. The lowest BCUT2D eigenvalue weighted by atomic mass is 10.1. The molecule has 3 heterocycles. The number of rotatable bonds is 5. The molecule has 148 valence electrons. The summed E-state index contributed by atoms with van der Waals surface area (Å²) in [5, 5.41) is 4.85. The largest absolute Gasteiger partial charge is 0.444 e. The summed E-state index contributed by atoms with van der Waals surface area (Å²) in [6, 6.07) is 7.12. The quantitative estimate of drug-likeness (QED) is 0.631. The van der Waals surface area contributed by atoms with Gasteiger partial charge in [-0.2, -0.15) is 9.40 Å². The van der Waals surface area contributed by atoms with E-state index in [1.165, 1.54) is 8.99 Å². The van der Waals surface area contributed by atoms with Crippen molar-refractivity contribution in [3.63, 3.8) is 0 Å². The van der Waals surface area contributed by atoms with Gasteiger partial charge in [-0.25, -0.2) is 13.4 Å². The third kappa shape index (κ3) is 3.59. The van der Waals surface area contributed by atoms with Crippen LogP contribution in [0.2, 0.25) is 5.02 Å². The molecule has 1 aliphatic rings. The first-order chi connectivity index (χ1) is 13.3. The average molecular weight is 421 g/mol. The van der Waals surface area contributed by atoms with Crippen LogP contribution in [0.15, 0.2) is 46.0 Å². The maximum Gasteiger partial charge on any atom is 0.247 e. The van der Waals surface area contributed by atoms with Gasteiger partial charge in [0.05, 0.1) is 11.9 Å². The first-order valence-electron chi connectivity index (χ1n) is 9.06. The molecule has 0 bridgehead atoms. The first-order valence-corrected chi connectivity index (χ1v) is 10.9. The van der Waals surface area contributed by atoms with Crippen molar-refractivity contribution < 1.29 is 12.8 Å². The van der Waals surface area contributed by atoms with Crippen LogP contribution in [-0.2, 0) is 23.5 Å². The van der Waals surface area contributed by atoms with Crippen LogP contribution in [0.4, 0.5) is 0 Å². The molecule has 0 unspecified atom stereocenters. The molecular weight excluding hydrogens is 400 g/mol. The van der Waals surface area contributed by atoms with E-state index in [0.29, 0.717) is 41.8 Å². The van der Waals surface area contributed by atoms with Gasteiger partial charge in [0.25, 0.3) is 0 Å². The summed E-state index contributed by atoms with van der Waals surface area (Å²) < 4.78 is 35.3. The number of hydrogen-bond donors (Lipinski definition) is 0. The fraction of sp³-hybridized carbons (Fsp3) is 0.368. The number of sulfonamides is 1. The molecule has 3 aromatic rings. The first kappa shape index (κ1) is 19.2. The van der Waals surface area contributed by atoms with E-state index in [9.17, 15) is 8.42 Å². The van der Waals surface area contributed by atoms with E-state index in [0.717, 1.165) is 12.0 Å². The summed E-state index contributed by atoms with van der Waals surface area (Å²) in [6.07, 6.45) is 5.23. The Bertz CT molecular complexity index is 1090. The highest BCUT2D eigenvalue weighted by Crippen LogP contribution is 2.37. The van der Waals surface area contributed by atoms with Crippen molar-refractivity contribution in [3.8, 4) is 0 Å². The second kappa shape index (κ2) is 7.35. The van der Waals surface area contributed by atoms with E-state index in [1.807, 2.05) is 24.3 Å². The molecule has 7 nitrogen and oxygen atoms in total. The van der Waals surface area contributed by atoms with Crippen molar-refractivity contribution in [1.82, 2.24) is 19.1 Å². The van der Waals surface area contributed by atoms with Crippen LogP contribution in [-0.4, -0.2) is 34.0 Å². The minimum Gasteiger partial charge on any atom is -0.444 e. The van der Waals surface area contributed by atoms with Gasteiger partial charge in [0, 0.05) is 31.2 Å². The summed E-state index contributed by atoms with van der Waals surface area (Å²) in [7, 11) is -1.95. The minimum absolute atomic E-state index is 0.231. The highest BCUT2D eigenvalue weighted by Gasteiger charge is 2.40. The molecule has 1 fully saturated rings. The second-order valence-electron chi connectivity index (χ2n) is 6.99. The highest BCUT2D eigenvalue weighted by atomic mass is 35.5. The molecule has 1 aromatic carbocycles. The van der Waals surface area contributed by atoms with Gasteiger partial charge in [-0.15, -0.1) is 0 Å². The van der Waals surface area contributed by atoms with E-state index in [2.05, 4.69) is 10.1 Å². The van der Waals surface area contributed by atoms with E-state index >= 15 is 0 Å². The molecule has 1 atom stereocenters. The van der Waals surface area contributed by atoms with Crippen LogP contribution >= 0.6 is 11.6 Å². The molecule has 9 heteroatoms. The predicted molar refractivity (Wildman–Crippen MR) is 105 cm³/mol. The molecule has 0 radical (unpaired) electrons. The third-order valence-electron chi connectivity index (χ3n) is 4.91. The van der Waals surface area contributed by atoms with Crippen LogP contribution in [0.5, 0.6) is 0 Å². The Morgan fingerprint density at radius 3 is 2.71 bits per heavy atom. The normalized spacial score (nSPS) is 18.0. The van der Waals surface area contributed by atoms with Gasteiger partial charge in [0.2, 0.25) is 15.9 Å². The van der Waals surface area contributed by atoms with Crippen molar-refractivity contribution in [3.05, 3.63) is 64.6 Å². The number of oxazole rings is 1. The molecule has 28 heavy (non-hydrogen) atoms. The highest BCUT2D eigenvalue weighted by molar-refractivity contribution is 7.89. The number of hydrogen-bond acceptors (Lipinski definition) is 5. The average Bonchev–Trinajstić information content (AvgIpc) is 3.36. The molecule has 4 rings (SSSR count). The Morgan fingerprint density at radius 2 is 2.04 bits per heavy atom. The second-order valence-corrected chi connectivity index (χ2v) is 9.29. The van der Waals surface area contributed by atoms with Crippen molar-refractivity contribution in [2.45, 2.75) is 37.1 Å². The Balaban J connectivity index is 1.58. The van der Waals surface area contributed by atoms with Crippen molar-refractivity contribution in [2.24, 2.45) is 7.05 Å². The molecule has 0 aliphatic carbocycles. The number of nitrogens with zero attached hydrogens (tertiary/aromatic N) is 4. The van der Waals surface area contributed by atoms with Crippen LogP contribution < -0.4 is 0 Å².